The van der Waals surface area contributed by atoms with Crippen molar-refractivity contribution in [1.82, 2.24) is 4.90 Å². The molecule has 1 fully saturated rings. The second kappa shape index (κ2) is 7.37. The lowest BCUT2D eigenvalue weighted by atomic mass is 10.0. The minimum atomic E-state index is -0.140. The van der Waals surface area contributed by atoms with Crippen LogP contribution in [0.3, 0.4) is 0 Å². The minimum absolute atomic E-state index is 0.140. The average Bonchev–Trinajstić information content (AvgIpc) is 2.38. The van der Waals surface area contributed by atoms with Crippen molar-refractivity contribution >= 4 is 5.69 Å². The largest absolute Gasteiger partial charge is 0.380 e. The SMILES string of the molecule is CC.Cc1ccc(NC2CCN(C)CC2)c(F)c1. The molecule has 0 aromatic heterocycles. The summed E-state index contributed by atoms with van der Waals surface area (Å²) >= 11 is 0. The van der Waals surface area contributed by atoms with Crippen molar-refractivity contribution in [2.24, 2.45) is 0 Å². The fraction of sp³-hybridized carbons (Fsp3) is 0.600. The maximum Gasteiger partial charge on any atom is 0.146 e. The summed E-state index contributed by atoms with van der Waals surface area (Å²) in [6, 6.07) is 5.77. The number of hydrogen-bond donors (Lipinski definition) is 1. The van der Waals surface area contributed by atoms with Crippen LogP contribution in [-0.2, 0) is 0 Å². The van der Waals surface area contributed by atoms with Crippen molar-refractivity contribution in [3.05, 3.63) is 29.6 Å². The summed E-state index contributed by atoms with van der Waals surface area (Å²) in [5.41, 5.74) is 1.60. The zero-order valence-corrected chi connectivity index (χ0v) is 12.0. The van der Waals surface area contributed by atoms with Crippen LogP contribution in [0.25, 0.3) is 0 Å². The van der Waals surface area contributed by atoms with Crippen LogP contribution in [0.4, 0.5) is 10.1 Å². The number of likely N-dealkylation sites (tertiary alicyclic amines) is 1. The van der Waals surface area contributed by atoms with E-state index in [0.717, 1.165) is 31.5 Å². The molecule has 0 amide bonds. The molecule has 0 spiro atoms. The molecule has 0 bridgehead atoms. The molecular formula is C15H25FN2. The maximum absolute atomic E-state index is 13.6. The molecule has 1 aliphatic rings. The Balaban J connectivity index is 0.000000771. The summed E-state index contributed by atoms with van der Waals surface area (Å²) < 4.78 is 13.6. The monoisotopic (exact) mass is 252 g/mol. The molecule has 1 aromatic carbocycles. The fourth-order valence-corrected chi connectivity index (χ4v) is 2.11. The van der Waals surface area contributed by atoms with Crippen molar-refractivity contribution < 1.29 is 4.39 Å². The van der Waals surface area contributed by atoms with Crippen LogP contribution in [-0.4, -0.2) is 31.1 Å². The van der Waals surface area contributed by atoms with Crippen molar-refractivity contribution in [3.8, 4) is 0 Å². The first kappa shape index (κ1) is 15.0. The third-order valence-electron chi connectivity index (χ3n) is 3.20. The Kier molecular flexibility index (Phi) is 6.13. The van der Waals surface area contributed by atoms with Gasteiger partial charge in [0.25, 0.3) is 0 Å². The molecule has 1 N–H and O–H groups in total. The maximum atomic E-state index is 13.6. The number of aryl methyl sites for hydroxylation is 1. The first-order valence-corrected chi connectivity index (χ1v) is 6.86. The van der Waals surface area contributed by atoms with Gasteiger partial charge in [-0.2, -0.15) is 0 Å². The van der Waals surface area contributed by atoms with Crippen LogP contribution in [0.15, 0.2) is 18.2 Å². The highest BCUT2D eigenvalue weighted by Gasteiger charge is 2.17. The van der Waals surface area contributed by atoms with E-state index in [-0.39, 0.29) is 5.82 Å². The normalized spacial score (nSPS) is 16.9. The van der Waals surface area contributed by atoms with Crippen LogP contribution in [0.1, 0.15) is 32.3 Å². The lowest BCUT2D eigenvalue weighted by Crippen LogP contribution is -2.36. The molecule has 2 nitrogen and oxygen atoms in total. The predicted molar refractivity (Wildman–Crippen MR) is 76.6 cm³/mol. The lowest BCUT2D eigenvalue weighted by molar-refractivity contribution is 0.263. The lowest BCUT2D eigenvalue weighted by Gasteiger charge is -2.30. The molecule has 0 radical (unpaired) electrons. The van der Waals surface area contributed by atoms with Crippen LogP contribution < -0.4 is 5.32 Å². The summed E-state index contributed by atoms with van der Waals surface area (Å²) in [6.07, 6.45) is 2.17. The molecule has 3 heteroatoms. The topological polar surface area (TPSA) is 15.3 Å². The van der Waals surface area contributed by atoms with E-state index in [9.17, 15) is 4.39 Å². The molecule has 1 aromatic rings. The average molecular weight is 252 g/mol. The highest BCUT2D eigenvalue weighted by atomic mass is 19.1. The van der Waals surface area contributed by atoms with E-state index < -0.39 is 0 Å². The number of benzene rings is 1. The van der Waals surface area contributed by atoms with E-state index in [4.69, 9.17) is 0 Å². The molecule has 1 heterocycles. The Morgan fingerprint density at radius 2 is 1.83 bits per heavy atom. The molecule has 1 aliphatic heterocycles. The molecule has 0 aliphatic carbocycles. The van der Waals surface area contributed by atoms with E-state index in [1.165, 1.54) is 0 Å². The quantitative estimate of drug-likeness (QED) is 0.864. The standard InChI is InChI=1S/C13H19FN2.C2H6/c1-10-3-4-13(12(14)9-10)15-11-5-7-16(2)8-6-11;1-2/h3-4,9,11,15H,5-8H2,1-2H3;1-2H3. The molecule has 0 unspecified atom stereocenters. The van der Waals surface area contributed by atoms with Gasteiger partial charge in [0.1, 0.15) is 5.82 Å². The Hall–Kier alpha value is -1.09. The zero-order valence-electron chi connectivity index (χ0n) is 12.0. The van der Waals surface area contributed by atoms with Gasteiger partial charge in [-0.3, -0.25) is 0 Å². The number of halogens is 1. The summed E-state index contributed by atoms with van der Waals surface area (Å²) in [6.45, 7) is 8.08. The number of piperidine rings is 1. The van der Waals surface area contributed by atoms with E-state index in [1.54, 1.807) is 6.07 Å². The molecular weight excluding hydrogens is 227 g/mol. The van der Waals surface area contributed by atoms with E-state index >= 15 is 0 Å². The second-order valence-electron chi connectivity index (χ2n) is 4.71. The molecule has 1 saturated heterocycles. The molecule has 2 rings (SSSR count). The third kappa shape index (κ3) is 4.30. The fourth-order valence-electron chi connectivity index (χ4n) is 2.11. The summed E-state index contributed by atoms with van der Waals surface area (Å²) in [4.78, 5) is 2.31. The summed E-state index contributed by atoms with van der Waals surface area (Å²) in [7, 11) is 2.13. The van der Waals surface area contributed by atoms with Gasteiger partial charge < -0.3 is 10.2 Å². The van der Waals surface area contributed by atoms with Crippen LogP contribution in [0.5, 0.6) is 0 Å². The van der Waals surface area contributed by atoms with Crippen molar-refractivity contribution in [1.29, 1.82) is 0 Å². The van der Waals surface area contributed by atoms with Gasteiger partial charge in [-0.05, 0) is 57.6 Å². The highest BCUT2D eigenvalue weighted by Crippen LogP contribution is 2.19. The van der Waals surface area contributed by atoms with Gasteiger partial charge in [-0.25, -0.2) is 4.39 Å². The third-order valence-corrected chi connectivity index (χ3v) is 3.20. The van der Waals surface area contributed by atoms with Crippen molar-refractivity contribution in [2.75, 3.05) is 25.5 Å². The van der Waals surface area contributed by atoms with Gasteiger partial charge in [0.05, 0.1) is 5.69 Å². The van der Waals surface area contributed by atoms with Gasteiger partial charge in [0.2, 0.25) is 0 Å². The Labute approximate surface area is 110 Å². The van der Waals surface area contributed by atoms with Crippen molar-refractivity contribution in [3.63, 3.8) is 0 Å². The number of rotatable bonds is 2. The van der Waals surface area contributed by atoms with Crippen LogP contribution in [0, 0.1) is 12.7 Å². The Morgan fingerprint density at radius 1 is 1.22 bits per heavy atom. The highest BCUT2D eigenvalue weighted by molar-refractivity contribution is 5.47. The summed E-state index contributed by atoms with van der Waals surface area (Å²) in [5, 5.41) is 3.30. The van der Waals surface area contributed by atoms with Gasteiger partial charge in [-0.15, -0.1) is 0 Å². The number of anilines is 1. The van der Waals surface area contributed by atoms with Crippen molar-refractivity contribution in [2.45, 2.75) is 39.7 Å². The molecule has 18 heavy (non-hydrogen) atoms. The first-order chi connectivity index (χ1) is 8.65. The number of nitrogens with zero attached hydrogens (tertiary/aromatic N) is 1. The smallest absolute Gasteiger partial charge is 0.146 e. The summed E-state index contributed by atoms with van der Waals surface area (Å²) in [5.74, 6) is -0.140. The number of nitrogens with one attached hydrogen (secondary N) is 1. The van der Waals surface area contributed by atoms with E-state index in [0.29, 0.717) is 11.7 Å². The van der Waals surface area contributed by atoms with Gasteiger partial charge in [0.15, 0.2) is 0 Å². The van der Waals surface area contributed by atoms with Crippen LogP contribution >= 0.6 is 0 Å². The molecule has 0 atom stereocenters. The van der Waals surface area contributed by atoms with Crippen LogP contribution in [0.2, 0.25) is 0 Å². The van der Waals surface area contributed by atoms with E-state index in [1.807, 2.05) is 32.9 Å². The van der Waals surface area contributed by atoms with E-state index in [2.05, 4.69) is 17.3 Å². The first-order valence-electron chi connectivity index (χ1n) is 6.86. The molecule has 102 valence electrons. The Morgan fingerprint density at radius 3 is 2.39 bits per heavy atom. The zero-order chi connectivity index (χ0) is 13.5. The molecule has 0 saturated carbocycles. The van der Waals surface area contributed by atoms with Gasteiger partial charge in [0, 0.05) is 6.04 Å². The minimum Gasteiger partial charge on any atom is -0.380 e. The van der Waals surface area contributed by atoms with Gasteiger partial charge in [-0.1, -0.05) is 19.9 Å². The number of hydrogen-bond acceptors (Lipinski definition) is 2. The second-order valence-corrected chi connectivity index (χ2v) is 4.71. The van der Waals surface area contributed by atoms with Gasteiger partial charge >= 0.3 is 0 Å². The Bertz CT molecular complexity index is 358. The predicted octanol–water partition coefficient (Wildman–Crippen LogP) is 3.67.